The van der Waals surface area contributed by atoms with E-state index in [0.29, 0.717) is 11.9 Å². The first-order chi connectivity index (χ1) is 17.2. The molecule has 8 nitrogen and oxygen atoms in total. The second kappa shape index (κ2) is 9.43. The number of nitrogens with one attached hydrogen (secondary N) is 2. The fraction of sp³-hybridized carbons (Fsp3) is 0.444. The molecule has 0 unspecified atom stereocenters. The monoisotopic (exact) mass is 472 g/mol. The van der Waals surface area contributed by atoms with E-state index in [1.165, 1.54) is 40.4 Å². The van der Waals surface area contributed by atoms with Crippen molar-refractivity contribution in [1.82, 2.24) is 30.5 Å². The van der Waals surface area contributed by atoms with Crippen LogP contribution in [0.5, 0.6) is 5.75 Å². The smallest absolute Gasteiger partial charge is 0.204 e. The molecule has 6 rings (SSSR count). The maximum atomic E-state index is 6.37. The average molecular weight is 473 g/mol. The van der Waals surface area contributed by atoms with Gasteiger partial charge in [0.15, 0.2) is 0 Å². The van der Waals surface area contributed by atoms with E-state index in [1.807, 2.05) is 6.20 Å². The summed E-state index contributed by atoms with van der Waals surface area (Å²) < 4.78 is 12.2. The largest absolute Gasteiger partial charge is 0.496 e. The van der Waals surface area contributed by atoms with Crippen molar-refractivity contribution in [3.63, 3.8) is 0 Å². The summed E-state index contributed by atoms with van der Waals surface area (Å²) in [5.74, 6) is 2.34. The quantitative estimate of drug-likeness (QED) is 0.383. The minimum Gasteiger partial charge on any atom is -0.496 e. The summed E-state index contributed by atoms with van der Waals surface area (Å²) in [6.45, 7) is 4.84. The van der Waals surface area contributed by atoms with E-state index in [9.17, 15) is 0 Å². The van der Waals surface area contributed by atoms with Crippen LogP contribution in [0.25, 0.3) is 22.3 Å². The van der Waals surface area contributed by atoms with E-state index in [0.717, 1.165) is 49.8 Å². The minimum atomic E-state index is 0.257. The maximum absolute atomic E-state index is 6.37. The number of hydrogen-bond acceptors (Lipinski definition) is 6. The zero-order chi connectivity index (χ0) is 23.8. The van der Waals surface area contributed by atoms with Crippen LogP contribution in [0.3, 0.4) is 0 Å². The summed E-state index contributed by atoms with van der Waals surface area (Å²) in [7, 11) is 1.77. The fourth-order valence-corrected chi connectivity index (χ4v) is 5.35. The lowest BCUT2D eigenvalue weighted by molar-refractivity contribution is -0.0229. The van der Waals surface area contributed by atoms with Gasteiger partial charge in [-0.15, -0.1) is 10.2 Å². The van der Waals surface area contributed by atoms with Crippen LogP contribution in [0.4, 0.5) is 0 Å². The molecule has 0 spiro atoms. The van der Waals surface area contributed by atoms with Gasteiger partial charge >= 0.3 is 0 Å². The van der Waals surface area contributed by atoms with Gasteiger partial charge in [0.05, 0.1) is 13.2 Å². The number of rotatable bonds is 8. The molecule has 2 fully saturated rings. The van der Waals surface area contributed by atoms with Crippen molar-refractivity contribution < 1.29 is 9.47 Å². The molecule has 2 aromatic heterocycles. The molecule has 182 valence electrons. The van der Waals surface area contributed by atoms with Crippen molar-refractivity contribution in [2.75, 3.05) is 20.3 Å². The average Bonchev–Trinajstić information content (AvgIpc) is 3.32. The lowest BCUT2D eigenvalue weighted by Crippen LogP contribution is -2.39. The number of tetrazole rings is 1. The second-order valence-electron chi connectivity index (χ2n) is 9.91. The lowest BCUT2D eigenvalue weighted by Gasteiger charge is -2.40. The molecule has 0 bridgehead atoms. The SMILES string of the molecule is COc1cc(C)c2[nH]ccc2c1CN1CC[C@H](OCC2CC2)C[C@H]1c1ccc(-c2nn[nH]n2)cc1. The molecule has 2 aromatic carbocycles. The van der Waals surface area contributed by atoms with Gasteiger partial charge in [-0.05, 0) is 67.0 Å². The van der Waals surface area contributed by atoms with Gasteiger partial charge in [-0.1, -0.05) is 24.3 Å². The number of fused-ring (bicyclic) bond motifs is 1. The van der Waals surface area contributed by atoms with Gasteiger partial charge in [0, 0.05) is 54.0 Å². The molecule has 1 aliphatic heterocycles. The number of aryl methyl sites for hydroxylation is 1. The molecule has 2 aliphatic rings. The highest BCUT2D eigenvalue weighted by molar-refractivity contribution is 5.88. The fourth-order valence-electron chi connectivity index (χ4n) is 5.35. The molecule has 0 radical (unpaired) electrons. The summed E-state index contributed by atoms with van der Waals surface area (Å²) in [6, 6.07) is 13.1. The van der Waals surface area contributed by atoms with Crippen molar-refractivity contribution >= 4 is 10.9 Å². The van der Waals surface area contributed by atoms with E-state index in [4.69, 9.17) is 9.47 Å². The Morgan fingerprint density at radius 2 is 1.97 bits per heavy atom. The Balaban J connectivity index is 1.30. The van der Waals surface area contributed by atoms with Gasteiger partial charge in [0.25, 0.3) is 0 Å². The maximum Gasteiger partial charge on any atom is 0.204 e. The number of aromatic amines is 2. The second-order valence-corrected chi connectivity index (χ2v) is 9.91. The number of hydrogen-bond donors (Lipinski definition) is 2. The van der Waals surface area contributed by atoms with Crippen LogP contribution >= 0.6 is 0 Å². The zero-order valence-corrected chi connectivity index (χ0v) is 20.3. The van der Waals surface area contributed by atoms with Crippen molar-refractivity contribution in [2.45, 2.75) is 51.3 Å². The van der Waals surface area contributed by atoms with E-state index >= 15 is 0 Å². The zero-order valence-electron chi connectivity index (χ0n) is 20.3. The molecule has 2 N–H and O–H groups in total. The van der Waals surface area contributed by atoms with E-state index in [2.05, 4.69) is 73.8 Å². The van der Waals surface area contributed by atoms with Crippen molar-refractivity contribution in [3.05, 3.63) is 59.3 Å². The van der Waals surface area contributed by atoms with Crippen molar-refractivity contribution in [3.8, 4) is 17.1 Å². The van der Waals surface area contributed by atoms with Gasteiger partial charge in [-0.2, -0.15) is 5.21 Å². The molecule has 8 heteroatoms. The summed E-state index contributed by atoms with van der Waals surface area (Å²) in [5, 5.41) is 15.7. The number of likely N-dealkylation sites (tertiary alicyclic amines) is 1. The van der Waals surface area contributed by atoms with Crippen LogP contribution in [0, 0.1) is 12.8 Å². The topological polar surface area (TPSA) is 92.0 Å². The Morgan fingerprint density at radius 1 is 1.11 bits per heavy atom. The predicted octanol–water partition coefficient (Wildman–Crippen LogP) is 4.80. The number of methoxy groups -OCH3 is 1. The molecule has 0 amide bonds. The molecule has 2 atom stereocenters. The first-order valence-electron chi connectivity index (χ1n) is 12.5. The molecule has 1 saturated carbocycles. The number of ether oxygens (including phenoxy) is 2. The number of nitrogens with zero attached hydrogens (tertiary/aromatic N) is 4. The highest BCUT2D eigenvalue weighted by Gasteiger charge is 2.32. The van der Waals surface area contributed by atoms with Crippen LogP contribution < -0.4 is 4.74 Å². The molecular formula is C27H32N6O2. The van der Waals surface area contributed by atoms with Crippen molar-refractivity contribution in [1.29, 1.82) is 0 Å². The van der Waals surface area contributed by atoms with Crippen LogP contribution in [0.2, 0.25) is 0 Å². The Labute approximate surface area is 205 Å². The Bertz CT molecular complexity index is 1280. The minimum absolute atomic E-state index is 0.257. The summed E-state index contributed by atoms with van der Waals surface area (Å²) >= 11 is 0. The van der Waals surface area contributed by atoms with Gasteiger partial charge in [-0.25, -0.2) is 0 Å². The van der Waals surface area contributed by atoms with Crippen LogP contribution in [0.1, 0.15) is 48.4 Å². The molecular weight excluding hydrogens is 440 g/mol. The van der Waals surface area contributed by atoms with Gasteiger partial charge in [-0.3, -0.25) is 4.90 Å². The Hall–Kier alpha value is -3.23. The normalized spacial score (nSPS) is 21.0. The summed E-state index contributed by atoms with van der Waals surface area (Å²) in [4.78, 5) is 5.99. The number of piperidine rings is 1. The molecule has 35 heavy (non-hydrogen) atoms. The van der Waals surface area contributed by atoms with Gasteiger partial charge in [0.2, 0.25) is 5.82 Å². The summed E-state index contributed by atoms with van der Waals surface area (Å²) in [5.41, 5.74) is 5.87. The first kappa shape index (κ1) is 22.2. The van der Waals surface area contributed by atoms with E-state index in [-0.39, 0.29) is 6.04 Å². The number of H-pyrrole nitrogens is 2. The third kappa shape index (κ3) is 4.56. The van der Waals surface area contributed by atoms with E-state index < -0.39 is 0 Å². The van der Waals surface area contributed by atoms with Gasteiger partial charge in [0.1, 0.15) is 5.75 Å². The highest BCUT2D eigenvalue weighted by atomic mass is 16.5. The number of benzene rings is 2. The highest BCUT2D eigenvalue weighted by Crippen LogP contribution is 2.39. The Kier molecular flexibility index (Phi) is 6.00. The molecule has 4 aromatic rings. The molecule has 1 aliphatic carbocycles. The molecule has 1 saturated heterocycles. The van der Waals surface area contributed by atoms with Gasteiger partial charge < -0.3 is 14.5 Å². The first-order valence-corrected chi connectivity index (χ1v) is 12.5. The third-order valence-electron chi connectivity index (χ3n) is 7.52. The van der Waals surface area contributed by atoms with Crippen molar-refractivity contribution in [2.24, 2.45) is 5.92 Å². The van der Waals surface area contributed by atoms with Crippen LogP contribution in [-0.4, -0.2) is 56.9 Å². The lowest BCUT2D eigenvalue weighted by atomic mass is 9.91. The standard InChI is InChI=1S/C27H32N6O2/c1-17-13-25(34-2)23(22-9-11-28-26(17)22)15-33-12-10-21(35-16-18-3-4-18)14-24(33)19-5-7-20(8-6-19)27-29-31-32-30-27/h5-9,11,13,18,21,24,28H,3-4,10,12,14-16H2,1-2H3,(H,29,30,31,32)/t21-,24-/m0/s1. The third-order valence-corrected chi connectivity index (χ3v) is 7.52. The van der Waals surface area contributed by atoms with Crippen LogP contribution in [0.15, 0.2) is 42.6 Å². The summed E-state index contributed by atoms with van der Waals surface area (Å²) in [6.07, 6.45) is 6.99. The Morgan fingerprint density at radius 3 is 2.71 bits per heavy atom. The van der Waals surface area contributed by atoms with Crippen LogP contribution in [-0.2, 0) is 11.3 Å². The molecule has 3 heterocycles. The number of aromatic nitrogens is 5. The van der Waals surface area contributed by atoms with E-state index in [1.54, 1.807) is 7.11 Å². The predicted molar refractivity (Wildman–Crippen MR) is 134 cm³/mol.